The molecule has 9 nitrogen and oxygen atoms in total. The van der Waals surface area contributed by atoms with E-state index in [1.54, 1.807) is 6.07 Å². The number of pyridine rings is 1. The van der Waals surface area contributed by atoms with Gasteiger partial charge in [0.2, 0.25) is 0 Å². The van der Waals surface area contributed by atoms with E-state index in [1.165, 1.54) is 48.0 Å². The minimum absolute atomic E-state index is 0.0637. The van der Waals surface area contributed by atoms with Crippen LogP contribution in [0.2, 0.25) is 0 Å². The second-order valence-electron chi connectivity index (χ2n) is 7.78. The van der Waals surface area contributed by atoms with Crippen LogP contribution in [0.3, 0.4) is 0 Å². The molecule has 1 N–H and O–H groups in total. The summed E-state index contributed by atoms with van der Waals surface area (Å²) in [6.07, 6.45) is 0. The van der Waals surface area contributed by atoms with Crippen molar-refractivity contribution < 1.29 is 44.6 Å². The van der Waals surface area contributed by atoms with Crippen LogP contribution >= 0.6 is 0 Å². The highest BCUT2D eigenvalue weighted by Gasteiger charge is 2.46. The van der Waals surface area contributed by atoms with E-state index < -0.39 is 61.8 Å². The van der Waals surface area contributed by atoms with Crippen LogP contribution in [0.15, 0.2) is 42.5 Å². The third kappa shape index (κ3) is 5.92. The van der Waals surface area contributed by atoms with Gasteiger partial charge in [0.1, 0.15) is 5.75 Å². The predicted molar refractivity (Wildman–Crippen MR) is 123 cm³/mol. The van der Waals surface area contributed by atoms with Gasteiger partial charge < -0.3 is 14.4 Å². The molecule has 0 bridgehead atoms. The number of ether oxygens (including phenoxy) is 2. The molecule has 1 aromatic heterocycles. The van der Waals surface area contributed by atoms with E-state index in [9.17, 15) is 35.2 Å². The van der Waals surface area contributed by atoms with Gasteiger partial charge in [-0.15, -0.1) is 0 Å². The molecule has 0 saturated carbocycles. The maximum Gasteiger partial charge on any atom is 0.516 e. The van der Waals surface area contributed by atoms with Crippen LogP contribution in [0.4, 0.5) is 27.6 Å². The molecule has 0 aliphatic heterocycles. The van der Waals surface area contributed by atoms with E-state index in [2.05, 4.69) is 4.98 Å². The van der Waals surface area contributed by atoms with E-state index in [0.29, 0.717) is 0 Å². The van der Waals surface area contributed by atoms with Crippen molar-refractivity contribution in [1.82, 2.24) is 9.88 Å². The Bertz CT molecular complexity index is 1550. The number of aromatic nitrogens is 1. The summed E-state index contributed by atoms with van der Waals surface area (Å²) in [5.41, 5.74) is -7.16. The quantitative estimate of drug-likeness (QED) is 0.403. The lowest BCUT2D eigenvalue weighted by Crippen LogP contribution is -2.30. The predicted octanol–water partition coefficient (Wildman–Crippen LogP) is 5.09. The molecular formula is C23H17F5N4O5S. The molecule has 0 saturated heterocycles. The van der Waals surface area contributed by atoms with Crippen molar-refractivity contribution in [2.45, 2.75) is 12.4 Å². The maximum absolute atomic E-state index is 14.9. The van der Waals surface area contributed by atoms with Gasteiger partial charge >= 0.3 is 15.5 Å². The summed E-state index contributed by atoms with van der Waals surface area (Å²) in [5.74, 6) is -5.63. The molecule has 38 heavy (non-hydrogen) atoms. The van der Waals surface area contributed by atoms with Crippen molar-refractivity contribution in [3.8, 4) is 29.3 Å². The number of carbonyl (C=O) groups is 1. The number of anilines is 1. The van der Waals surface area contributed by atoms with Crippen LogP contribution in [-0.4, -0.2) is 43.8 Å². The van der Waals surface area contributed by atoms with Crippen molar-refractivity contribution in [1.29, 1.82) is 5.26 Å². The highest BCUT2D eigenvalue weighted by molar-refractivity contribution is 7.93. The Balaban J connectivity index is 2.05. The maximum atomic E-state index is 14.9. The molecule has 0 unspecified atom stereocenters. The molecule has 200 valence electrons. The zero-order chi connectivity index (χ0) is 28.4. The van der Waals surface area contributed by atoms with Gasteiger partial charge in [-0.3, -0.25) is 9.52 Å². The number of amides is 1. The normalized spacial score (nSPS) is 11.4. The average molecular weight is 556 g/mol. The summed E-state index contributed by atoms with van der Waals surface area (Å²) in [5, 5.41) is 9.11. The molecule has 3 rings (SSSR count). The van der Waals surface area contributed by atoms with E-state index in [0.717, 1.165) is 25.1 Å². The first-order valence-electron chi connectivity index (χ1n) is 10.3. The van der Waals surface area contributed by atoms with E-state index in [4.69, 9.17) is 14.7 Å². The van der Waals surface area contributed by atoms with Gasteiger partial charge in [0, 0.05) is 31.3 Å². The summed E-state index contributed by atoms with van der Waals surface area (Å²) in [6.45, 7) is 0.997. The minimum Gasteiger partial charge on any atom is -0.436 e. The van der Waals surface area contributed by atoms with Crippen molar-refractivity contribution in [3.63, 3.8) is 0 Å². The number of hydrogen-bond donors (Lipinski definition) is 1. The van der Waals surface area contributed by atoms with Gasteiger partial charge in [0.15, 0.2) is 17.4 Å². The largest absolute Gasteiger partial charge is 0.516 e. The summed E-state index contributed by atoms with van der Waals surface area (Å²) in [6, 6.07) is 9.78. The number of nitriles is 1. The van der Waals surface area contributed by atoms with Gasteiger partial charge in [0.05, 0.1) is 17.3 Å². The number of alkyl halides is 3. The highest BCUT2D eigenvalue weighted by Crippen LogP contribution is 2.37. The highest BCUT2D eigenvalue weighted by atomic mass is 32.2. The lowest BCUT2D eigenvalue weighted by molar-refractivity contribution is -0.0429. The Morgan fingerprint density at radius 2 is 1.68 bits per heavy atom. The van der Waals surface area contributed by atoms with E-state index in [1.807, 2.05) is 0 Å². The molecule has 0 aliphatic carbocycles. The molecule has 0 aliphatic rings. The fraction of sp³-hybridized carbons (Fsp3) is 0.174. The zero-order valence-corrected chi connectivity index (χ0v) is 20.5. The van der Waals surface area contributed by atoms with Gasteiger partial charge in [-0.1, -0.05) is 6.07 Å². The molecule has 2 aromatic carbocycles. The van der Waals surface area contributed by atoms with Crippen molar-refractivity contribution >= 4 is 21.6 Å². The lowest BCUT2D eigenvalue weighted by atomic mass is 10.2. The number of nitrogens with one attached hydrogen (secondary N) is 1. The molecular weight excluding hydrogens is 539 g/mol. The smallest absolute Gasteiger partial charge is 0.436 e. The van der Waals surface area contributed by atoms with Crippen LogP contribution < -0.4 is 14.2 Å². The fourth-order valence-electron chi connectivity index (χ4n) is 2.87. The first-order chi connectivity index (χ1) is 17.6. The number of carbonyl (C=O) groups excluding carboxylic acids is 1. The molecule has 1 amide bonds. The van der Waals surface area contributed by atoms with Gasteiger partial charge in [-0.05, 0) is 37.3 Å². The number of halogens is 5. The van der Waals surface area contributed by atoms with Crippen LogP contribution in [0, 0.1) is 29.9 Å². The Morgan fingerprint density at radius 3 is 2.26 bits per heavy atom. The number of rotatable bonds is 7. The van der Waals surface area contributed by atoms with Crippen LogP contribution in [0.5, 0.6) is 23.3 Å². The average Bonchev–Trinajstić information content (AvgIpc) is 2.85. The van der Waals surface area contributed by atoms with Crippen molar-refractivity contribution in [2.24, 2.45) is 0 Å². The molecule has 0 fully saturated rings. The molecule has 3 aromatic rings. The lowest BCUT2D eigenvalue weighted by Gasteiger charge is -2.16. The first kappa shape index (κ1) is 28.1. The SMILES string of the molecule is Cc1c(F)c(Oc2cccc(C(=O)N(C)C)c2)nc(Oc2cc(C#N)ccc2NS(=O)(=O)C(F)(F)F)c1F. The zero-order valence-electron chi connectivity index (χ0n) is 19.7. The summed E-state index contributed by atoms with van der Waals surface area (Å²) in [4.78, 5) is 17.1. The Kier molecular flexibility index (Phi) is 7.77. The third-order valence-corrected chi connectivity index (χ3v) is 5.90. The number of benzene rings is 2. The Labute approximate surface area is 213 Å². The van der Waals surface area contributed by atoms with Gasteiger partial charge in [0.25, 0.3) is 17.7 Å². The number of hydrogen-bond acceptors (Lipinski definition) is 7. The van der Waals surface area contributed by atoms with Crippen molar-refractivity contribution in [2.75, 3.05) is 18.8 Å². The van der Waals surface area contributed by atoms with Crippen molar-refractivity contribution in [3.05, 3.63) is 70.8 Å². The summed E-state index contributed by atoms with van der Waals surface area (Å²) < 4.78 is 103. The van der Waals surface area contributed by atoms with Gasteiger partial charge in [-0.25, -0.2) is 8.78 Å². The second kappa shape index (κ2) is 10.5. The summed E-state index contributed by atoms with van der Waals surface area (Å²) in [7, 11) is -2.90. The molecule has 1 heterocycles. The van der Waals surface area contributed by atoms with Gasteiger partial charge in [-0.2, -0.15) is 31.8 Å². The Hall–Kier alpha value is -4.45. The fourth-order valence-corrected chi connectivity index (χ4v) is 3.45. The van der Waals surface area contributed by atoms with Crippen LogP contribution in [-0.2, 0) is 10.0 Å². The molecule has 15 heteroatoms. The number of nitrogens with zero attached hydrogens (tertiary/aromatic N) is 3. The monoisotopic (exact) mass is 556 g/mol. The van der Waals surface area contributed by atoms with E-state index >= 15 is 0 Å². The first-order valence-corrected chi connectivity index (χ1v) is 11.8. The minimum atomic E-state index is -5.92. The van der Waals surface area contributed by atoms with Crippen LogP contribution in [0.1, 0.15) is 21.5 Å². The second-order valence-corrected chi connectivity index (χ2v) is 9.45. The Morgan fingerprint density at radius 1 is 1.05 bits per heavy atom. The van der Waals surface area contributed by atoms with E-state index in [-0.39, 0.29) is 16.9 Å². The topological polar surface area (TPSA) is 122 Å². The standard InChI is InChI=1S/C23H17F5N4O5S/c1-12-18(24)20(36-15-6-4-5-14(10-15)22(33)32(2)3)30-21(19(12)25)37-17-9-13(11-29)7-8-16(17)31-38(34,35)23(26,27)28/h4-10,31H,1-3H3. The molecule has 0 radical (unpaired) electrons. The third-order valence-electron chi connectivity index (χ3n) is 4.81. The molecule has 0 atom stereocenters. The number of sulfonamides is 1. The van der Waals surface area contributed by atoms with Crippen LogP contribution in [0.25, 0.3) is 0 Å². The summed E-state index contributed by atoms with van der Waals surface area (Å²) >= 11 is 0. The molecule has 0 spiro atoms.